The van der Waals surface area contributed by atoms with Gasteiger partial charge in [0.25, 0.3) is 0 Å². The number of unbranched alkanes of at least 4 members (excludes halogenated alkanes) is 1. The second kappa shape index (κ2) is 17.6. The number of aromatic nitrogens is 4. The Labute approximate surface area is 317 Å². The van der Waals surface area contributed by atoms with Crippen LogP contribution in [0.15, 0.2) is 49.1 Å². The van der Waals surface area contributed by atoms with Gasteiger partial charge >= 0.3 is 47.8 Å². The maximum atomic E-state index is 12.8. The molecule has 21 heteroatoms. The molecule has 0 spiro atoms. The van der Waals surface area contributed by atoms with Crippen molar-refractivity contribution in [2.75, 3.05) is 11.3 Å². The summed E-state index contributed by atoms with van der Waals surface area (Å²) in [5.41, 5.74) is 1.28. The van der Waals surface area contributed by atoms with E-state index < -0.39 is 53.3 Å². The second-order valence-electron chi connectivity index (χ2n) is 13.8. The molecule has 0 aliphatic carbocycles. The van der Waals surface area contributed by atoms with Crippen molar-refractivity contribution < 1.29 is 71.6 Å². The van der Waals surface area contributed by atoms with Gasteiger partial charge in [0.1, 0.15) is 42.7 Å². The Hall–Kier alpha value is -5.67. The Kier molecular flexibility index (Phi) is 13.0. The van der Waals surface area contributed by atoms with Crippen LogP contribution in [0.4, 0.5) is 10.5 Å². The SMILES string of the molecule is O=C(O)C[n+]1ccn2c1C[N+]1(CCCC[C@H](NC(=O)N[C@@H](CCC(=O)CCCc3ccc(NS(=O)[O-])cc3)C(=O)O)C(=O)O)Cc3n(cc[n+]3CC(=O)O)C21. The number of rotatable bonds is 22. The van der Waals surface area contributed by atoms with E-state index in [2.05, 4.69) is 15.4 Å². The first-order chi connectivity index (χ1) is 26.2. The number of carbonyl (C=O) groups excluding carboxylic acids is 2. The molecule has 2 amide bonds. The molecule has 1 unspecified atom stereocenters. The molecule has 1 aromatic carbocycles. The van der Waals surface area contributed by atoms with E-state index in [9.17, 15) is 58.0 Å². The van der Waals surface area contributed by atoms with Crippen molar-refractivity contribution in [1.29, 1.82) is 0 Å². The summed E-state index contributed by atoms with van der Waals surface area (Å²) in [5.74, 6) is -3.33. The normalized spacial score (nSPS) is 18.3. The van der Waals surface area contributed by atoms with E-state index in [0.29, 0.717) is 55.5 Å². The summed E-state index contributed by atoms with van der Waals surface area (Å²) in [6, 6.07) is 2.85. The summed E-state index contributed by atoms with van der Waals surface area (Å²) in [5, 5.41) is 43.0. The van der Waals surface area contributed by atoms with Gasteiger partial charge in [-0.15, -0.1) is 9.13 Å². The number of Topliss-reactive ketones (excluding diaryl/α,β-unsaturated/α-hetero) is 1. The van der Waals surface area contributed by atoms with Crippen molar-refractivity contribution >= 4 is 52.6 Å². The number of imidazole rings is 2. The number of benzene rings is 1. The highest BCUT2D eigenvalue weighted by Crippen LogP contribution is 2.42. The fourth-order valence-electron chi connectivity index (χ4n) is 7.41. The van der Waals surface area contributed by atoms with Gasteiger partial charge in [0.15, 0.2) is 26.2 Å². The highest BCUT2D eigenvalue weighted by atomic mass is 32.2. The topological polar surface area (TPSA) is 277 Å². The number of aryl methyl sites for hydroxylation is 1. The van der Waals surface area contributed by atoms with Crippen LogP contribution in [0.2, 0.25) is 0 Å². The molecule has 55 heavy (non-hydrogen) atoms. The lowest BCUT2D eigenvalue weighted by molar-refractivity contribution is -0.982. The molecule has 0 saturated carbocycles. The van der Waals surface area contributed by atoms with Gasteiger partial charge in [-0.05, 0) is 56.2 Å². The van der Waals surface area contributed by atoms with Crippen LogP contribution in [0, 0.1) is 0 Å². The van der Waals surface area contributed by atoms with E-state index in [1.165, 1.54) is 0 Å². The minimum absolute atomic E-state index is 0.0255. The lowest BCUT2D eigenvalue weighted by Gasteiger charge is -2.28. The quantitative estimate of drug-likeness (QED) is 0.0303. The van der Waals surface area contributed by atoms with Crippen LogP contribution in [-0.2, 0) is 67.8 Å². The third-order valence-corrected chi connectivity index (χ3v) is 10.3. The number of fused-ring (bicyclic) bond motifs is 5. The van der Waals surface area contributed by atoms with Crippen molar-refractivity contribution in [3.63, 3.8) is 0 Å². The number of nitrogens with zero attached hydrogens (tertiary/aromatic N) is 5. The average Bonchev–Trinajstić information content (AvgIpc) is 3.82. The third kappa shape index (κ3) is 10.1. The van der Waals surface area contributed by atoms with Gasteiger partial charge < -0.3 is 40.3 Å². The summed E-state index contributed by atoms with van der Waals surface area (Å²) >= 11 is -2.44. The number of hydrogen-bond donors (Lipinski definition) is 7. The first kappa shape index (κ1) is 40.5. The molecule has 20 nitrogen and oxygen atoms in total. The van der Waals surface area contributed by atoms with Gasteiger partial charge in [-0.1, -0.05) is 12.1 Å². The molecule has 2 aliphatic rings. The zero-order valence-corrected chi connectivity index (χ0v) is 30.6. The number of carboxylic acid groups (broad SMARTS) is 4. The van der Waals surface area contributed by atoms with Crippen molar-refractivity contribution in [3.05, 3.63) is 66.3 Å². The summed E-state index contributed by atoms with van der Waals surface area (Å²) in [4.78, 5) is 72.3. The van der Waals surface area contributed by atoms with E-state index >= 15 is 0 Å². The van der Waals surface area contributed by atoms with Gasteiger partial charge in [-0.25, -0.2) is 37.6 Å². The molecule has 3 atom stereocenters. The lowest BCUT2D eigenvalue weighted by Crippen LogP contribution is -2.51. The van der Waals surface area contributed by atoms with Crippen LogP contribution in [0.25, 0.3) is 0 Å². The Morgan fingerprint density at radius 3 is 1.85 bits per heavy atom. The minimum Gasteiger partial charge on any atom is -0.755 e. The summed E-state index contributed by atoms with van der Waals surface area (Å²) in [6.45, 7) is 0.960. The van der Waals surface area contributed by atoms with Gasteiger partial charge in [0.2, 0.25) is 0 Å². The fourth-order valence-corrected chi connectivity index (χ4v) is 7.74. The smallest absolute Gasteiger partial charge is 0.380 e. The largest absolute Gasteiger partial charge is 0.755 e. The Morgan fingerprint density at radius 1 is 0.800 bits per heavy atom. The number of quaternary nitrogens is 1. The standard InChI is InChI=1S/C34H42N8O12S/c43-24(5-3-4-22-7-9-23(10-8-22)37-55(53)54)11-12-26(32(50)51)36-33(52)35-25(31(48)49)6-1-2-17-42-20-27-38(18-29(44)45)13-15-40(27)34(42)41-16-14-39(19-30(46)47)28(41)21-42/h7-10,13-16,25-26,34,37H,1-6,11-12,17-21H2,(H4-3,35,36,44,45,46,47,48,49,50,51,52,53,54)/p+2/t25-,26-,34?,42?/m0/s1. The highest BCUT2D eigenvalue weighted by Gasteiger charge is 2.62. The number of aliphatic carboxylic acids is 4. The molecular weight excluding hydrogens is 744 g/mol. The molecule has 0 radical (unpaired) electrons. The molecule has 5 rings (SSSR count). The average molecular weight is 789 g/mol. The molecular formula is C34H44N8O12S+2. The number of carbonyl (C=O) groups is 6. The molecule has 7 N–H and O–H groups in total. The maximum absolute atomic E-state index is 12.8. The van der Waals surface area contributed by atoms with E-state index in [-0.39, 0.29) is 50.8 Å². The van der Waals surface area contributed by atoms with Crippen LogP contribution < -0.4 is 24.5 Å². The van der Waals surface area contributed by atoms with E-state index in [1.54, 1.807) is 58.2 Å². The number of carboxylic acids is 4. The predicted octanol–water partition coefficient (Wildman–Crippen LogP) is -0.164. The molecule has 4 heterocycles. The van der Waals surface area contributed by atoms with Crippen molar-refractivity contribution in [2.24, 2.45) is 0 Å². The number of ketones is 1. The van der Waals surface area contributed by atoms with Crippen molar-refractivity contribution in [1.82, 2.24) is 19.8 Å². The number of hydrogen-bond acceptors (Lipinski definition) is 8. The number of amides is 2. The minimum atomic E-state index is -2.44. The number of urea groups is 1. The summed E-state index contributed by atoms with van der Waals surface area (Å²) in [7, 11) is 0. The molecule has 2 aliphatic heterocycles. The zero-order valence-electron chi connectivity index (χ0n) is 29.7. The Bertz CT molecular complexity index is 1900. The van der Waals surface area contributed by atoms with Crippen LogP contribution in [-0.4, -0.2) is 97.1 Å². The summed E-state index contributed by atoms with van der Waals surface area (Å²) in [6.07, 6.45) is 8.41. The van der Waals surface area contributed by atoms with Crippen molar-refractivity contribution in [3.8, 4) is 0 Å². The lowest BCUT2D eigenvalue weighted by atomic mass is 10.0. The fraction of sp³-hybridized carbons (Fsp3) is 0.471. The first-order valence-electron chi connectivity index (χ1n) is 17.6. The van der Waals surface area contributed by atoms with Crippen LogP contribution in [0.5, 0.6) is 0 Å². The van der Waals surface area contributed by atoms with Gasteiger partial charge in [0, 0.05) is 29.8 Å². The van der Waals surface area contributed by atoms with Crippen LogP contribution in [0.3, 0.4) is 0 Å². The monoisotopic (exact) mass is 788 g/mol. The number of anilines is 1. The molecule has 0 fully saturated rings. The first-order valence-corrected chi connectivity index (χ1v) is 18.7. The third-order valence-electron chi connectivity index (χ3n) is 9.93. The maximum Gasteiger partial charge on any atom is 0.380 e. The highest BCUT2D eigenvalue weighted by molar-refractivity contribution is 7.80. The van der Waals surface area contributed by atoms with E-state index in [1.807, 2.05) is 9.13 Å². The van der Waals surface area contributed by atoms with Crippen molar-refractivity contribution in [2.45, 2.75) is 95.9 Å². The van der Waals surface area contributed by atoms with E-state index in [4.69, 9.17) is 0 Å². The predicted molar refractivity (Wildman–Crippen MR) is 186 cm³/mol. The molecule has 296 valence electrons. The summed E-state index contributed by atoms with van der Waals surface area (Å²) < 4.78 is 31.4. The Balaban J connectivity index is 1.11. The Morgan fingerprint density at radius 2 is 1.35 bits per heavy atom. The zero-order chi connectivity index (χ0) is 39.9. The van der Waals surface area contributed by atoms with Gasteiger partial charge in [-0.3, -0.25) is 9.00 Å². The van der Waals surface area contributed by atoms with Gasteiger partial charge in [0.05, 0.1) is 6.54 Å². The van der Waals surface area contributed by atoms with Crippen LogP contribution >= 0.6 is 0 Å². The van der Waals surface area contributed by atoms with Crippen LogP contribution in [0.1, 0.15) is 68.4 Å². The molecule has 0 bridgehead atoms. The molecule has 3 aromatic rings. The second-order valence-corrected chi connectivity index (χ2v) is 14.4. The molecule has 0 saturated heterocycles. The molecule has 2 aromatic heterocycles. The number of nitrogens with one attached hydrogen (secondary N) is 3. The van der Waals surface area contributed by atoms with Gasteiger partial charge in [-0.2, -0.15) is 0 Å². The van der Waals surface area contributed by atoms with E-state index in [0.717, 1.165) is 17.2 Å².